The van der Waals surface area contributed by atoms with E-state index in [0.29, 0.717) is 24.6 Å². The summed E-state index contributed by atoms with van der Waals surface area (Å²) in [6.45, 7) is 5.14. The number of amides is 1. The van der Waals surface area contributed by atoms with Crippen molar-refractivity contribution < 1.29 is 14.3 Å². The van der Waals surface area contributed by atoms with Crippen LogP contribution in [0.25, 0.3) is 0 Å². The van der Waals surface area contributed by atoms with Crippen LogP contribution in [0.15, 0.2) is 36.7 Å². The lowest BCUT2D eigenvalue weighted by Crippen LogP contribution is -2.54. The minimum Gasteiger partial charge on any atom is -0.485 e. The van der Waals surface area contributed by atoms with Gasteiger partial charge in [0.15, 0.2) is 11.5 Å². The Hall–Kier alpha value is -3.03. The summed E-state index contributed by atoms with van der Waals surface area (Å²) in [5, 5.41) is 0. The Morgan fingerprint density at radius 3 is 2.28 bits per heavy atom. The minimum absolute atomic E-state index is 0.0143. The van der Waals surface area contributed by atoms with Crippen molar-refractivity contribution in [1.82, 2.24) is 14.9 Å². The summed E-state index contributed by atoms with van der Waals surface area (Å²) in [5.74, 6) is 3.24. The molecule has 8 nitrogen and oxygen atoms in total. The summed E-state index contributed by atoms with van der Waals surface area (Å²) in [7, 11) is 0. The number of para-hydroxylation sites is 2. The number of carbonyl (C=O) groups excluding carboxylic acids is 1. The first-order chi connectivity index (χ1) is 14.3. The van der Waals surface area contributed by atoms with Gasteiger partial charge in [-0.3, -0.25) is 4.79 Å². The van der Waals surface area contributed by atoms with E-state index >= 15 is 0 Å². The van der Waals surface area contributed by atoms with Crippen LogP contribution in [0.2, 0.25) is 0 Å². The molecule has 29 heavy (non-hydrogen) atoms. The third kappa shape index (κ3) is 3.66. The maximum Gasteiger partial charge on any atom is 0.267 e. The van der Waals surface area contributed by atoms with E-state index in [4.69, 9.17) is 9.47 Å². The molecule has 1 aromatic carbocycles. The second-order valence-corrected chi connectivity index (χ2v) is 7.61. The number of piperazine rings is 1. The third-order valence-electron chi connectivity index (χ3n) is 5.77. The van der Waals surface area contributed by atoms with E-state index in [1.807, 2.05) is 29.2 Å². The predicted octanol–water partition coefficient (Wildman–Crippen LogP) is 1.57. The number of fused-ring (bicyclic) bond motifs is 1. The highest BCUT2D eigenvalue weighted by Gasteiger charge is 2.33. The number of anilines is 2. The number of benzene rings is 1. The van der Waals surface area contributed by atoms with E-state index < -0.39 is 6.10 Å². The van der Waals surface area contributed by atoms with Crippen LogP contribution >= 0.6 is 0 Å². The Balaban J connectivity index is 1.20. The predicted molar refractivity (Wildman–Crippen MR) is 109 cm³/mol. The van der Waals surface area contributed by atoms with Gasteiger partial charge in [-0.2, -0.15) is 0 Å². The van der Waals surface area contributed by atoms with Crippen LogP contribution < -0.4 is 19.3 Å². The summed E-state index contributed by atoms with van der Waals surface area (Å²) in [5.41, 5.74) is 0. The van der Waals surface area contributed by atoms with Crippen LogP contribution in [0.1, 0.15) is 12.8 Å². The number of hydrogen-bond acceptors (Lipinski definition) is 7. The molecule has 2 fully saturated rings. The molecule has 1 unspecified atom stereocenters. The monoisotopic (exact) mass is 395 g/mol. The van der Waals surface area contributed by atoms with Crippen molar-refractivity contribution >= 4 is 17.5 Å². The van der Waals surface area contributed by atoms with Crippen molar-refractivity contribution in [2.24, 2.45) is 0 Å². The van der Waals surface area contributed by atoms with Crippen LogP contribution in [-0.4, -0.2) is 72.8 Å². The quantitative estimate of drug-likeness (QED) is 0.781. The van der Waals surface area contributed by atoms with Gasteiger partial charge in [-0.1, -0.05) is 12.1 Å². The third-order valence-corrected chi connectivity index (χ3v) is 5.77. The average Bonchev–Trinajstić information content (AvgIpc) is 3.34. The highest BCUT2D eigenvalue weighted by Crippen LogP contribution is 2.31. The molecule has 0 N–H and O–H groups in total. The minimum atomic E-state index is -0.586. The maximum absolute atomic E-state index is 12.9. The zero-order valence-electron chi connectivity index (χ0n) is 16.4. The van der Waals surface area contributed by atoms with E-state index in [0.717, 1.165) is 37.8 Å². The summed E-state index contributed by atoms with van der Waals surface area (Å²) in [6, 6.07) is 9.53. The van der Waals surface area contributed by atoms with Crippen molar-refractivity contribution in [3.8, 4) is 11.5 Å². The Morgan fingerprint density at radius 2 is 1.55 bits per heavy atom. The molecule has 3 aliphatic heterocycles. The van der Waals surface area contributed by atoms with Crippen LogP contribution in [0.5, 0.6) is 11.5 Å². The number of rotatable bonds is 3. The van der Waals surface area contributed by atoms with Crippen LogP contribution in [0.4, 0.5) is 11.6 Å². The molecular formula is C21H25N5O3. The topological polar surface area (TPSA) is 71.0 Å². The van der Waals surface area contributed by atoms with Crippen molar-refractivity contribution in [3.05, 3.63) is 36.7 Å². The number of carbonyl (C=O) groups is 1. The smallest absolute Gasteiger partial charge is 0.267 e. The van der Waals surface area contributed by atoms with Crippen molar-refractivity contribution in [2.75, 3.05) is 55.7 Å². The highest BCUT2D eigenvalue weighted by molar-refractivity contribution is 5.82. The number of nitrogens with zero attached hydrogens (tertiary/aromatic N) is 5. The molecule has 0 saturated carbocycles. The molecule has 1 atom stereocenters. The fraction of sp³-hybridized carbons (Fsp3) is 0.476. The van der Waals surface area contributed by atoms with Crippen molar-refractivity contribution in [3.63, 3.8) is 0 Å². The molecule has 152 valence electrons. The normalized spacial score (nSPS) is 21.4. The summed E-state index contributed by atoms with van der Waals surface area (Å²) in [6.07, 6.45) is 3.50. The highest BCUT2D eigenvalue weighted by atomic mass is 16.6. The molecule has 0 aliphatic carbocycles. The first-order valence-electron chi connectivity index (χ1n) is 10.3. The zero-order chi connectivity index (χ0) is 19.6. The molecule has 2 aromatic rings. The molecule has 1 aromatic heterocycles. The van der Waals surface area contributed by atoms with Gasteiger partial charge in [0.25, 0.3) is 5.91 Å². The van der Waals surface area contributed by atoms with E-state index in [1.165, 1.54) is 12.8 Å². The Morgan fingerprint density at radius 1 is 0.897 bits per heavy atom. The van der Waals surface area contributed by atoms with E-state index in [2.05, 4.69) is 25.8 Å². The largest absolute Gasteiger partial charge is 0.485 e. The summed E-state index contributed by atoms with van der Waals surface area (Å²) >= 11 is 0. The van der Waals surface area contributed by atoms with Crippen molar-refractivity contribution in [1.29, 1.82) is 0 Å². The van der Waals surface area contributed by atoms with Crippen molar-refractivity contribution in [2.45, 2.75) is 18.9 Å². The Kier molecular flexibility index (Phi) is 4.83. The molecule has 8 heteroatoms. The molecule has 0 bridgehead atoms. The first kappa shape index (κ1) is 18.0. The Bertz CT molecular complexity index is 878. The molecule has 0 radical (unpaired) electrons. The van der Waals surface area contributed by atoms with Crippen LogP contribution in [0, 0.1) is 0 Å². The number of ether oxygens (including phenoxy) is 2. The SMILES string of the molecule is O=C(C1COc2ccccc2O1)N1CCN(c2cc(N3CCCC3)ncn2)CC1. The number of hydrogen-bond donors (Lipinski definition) is 0. The van der Waals surface area contributed by atoms with E-state index in [9.17, 15) is 4.79 Å². The van der Waals surface area contributed by atoms with E-state index in [-0.39, 0.29) is 12.5 Å². The molecule has 2 saturated heterocycles. The zero-order valence-corrected chi connectivity index (χ0v) is 16.4. The maximum atomic E-state index is 12.9. The summed E-state index contributed by atoms with van der Waals surface area (Å²) < 4.78 is 11.6. The van der Waals surface area contributed by atoms with Crippen LogP contribution in [0.3, 0.4) is 0 Å². The lowest BCUT2D eigenvalue weighted by Gasteiger charge is -2.37. The van der Waals surface area contributed by atoms with Gasteiger partial charge >= 0.3 is 0 Å². The van der Waals surface area contributed by atoms with Gasteiger partial charge < -0.3 is 24.2 Å². The molecular weight excluding hydrogens is 370 g/mol. The van der Waals surface area contributed by atoms with Gasteiger partial charge in [0.2, 0.25) is 6.10 Å². The van der Waals surface area contributed by atoms with Gasteiger partial charge in [-0.15, -0.1) is 0 Å². The van der Waals surface area contributed by atoms with Gasteiger partial charge in [0.05, 0.1) is 0 Å². The second-order valence-electron chi connectivity index (χ2n) is 7.61. The summed E-state index contributed by atoms with van der Waals surface area (Å²) in [4.78, 5) is 28.2. The van der Waals surface area contributed by atoms with Gasteiger partial charge in [-0.25, -0.2) is 9.97 Å². The van der Waals surface area contributed by atoms with Gasteiger partial charge in [0.1, 0.15) is 24.6 Å². The lowest BCUT2D eigenvalue weighted by atomic mass is 10.2. The average molecular weight is 395 g/mol. The second kappa shape index (κ2) is 7.77. The van der Waals surface area contributed by atoms with Crippen LogP contribution in [-0.2, 0) is 4.79 Å². The molecule has 3 aliphatic rings. The molecule has 5 rings (SSSR count). The number of aromatic nitrogens is 2. The molecule has 4 heterocycles. The lowest BCUT2D eigenvalue weighted by molar-refractivity contribution is -0.141. The first-order valence-corrected chi connectivity index (χ1v) is 10.3. The van der Waals surface area contributed by atoms with Gasteiger partial charge in [-0.05, 0) is 25.0 Å². The fourth-order valence-electron chi connectivity index (χ4n) is 4.13. The van der Waals surface area contributed by atoms with E-state index in [1.54, 1.807) is 6.33 Å². The fourth-order valence-corrected chi connectivity index (χ4v) is 4.13. The Labute approximate surface area is 170 Å². The van der Waals surface area contributed by atoms with Gasteiger partial charge in [0, 0.05) is 45.3 Å². The molecule has 0 spiro atoms. The molecule has 1 amide bonds. The standard InChI is InChI=1S/C21H25N5O3/c27-21(18-14-28-16-5-1-2-6-17(16)29-18)26-11-9-25(10-12-26)20-13-19(22-15-23-20)24-7-3-4-8-24/h1-2,5-6,13,15,18H,3-4,7-12,14H2.